The van der Waals surface area contributed by atoms with E-state index in [9.17, 15) is 14.0 Å². The molecule has 0 saturated heterocycles. The smallest absolute Gasteiger partial charge is 0.344 e. The SMILES string of the molecule is COC(=O)COC(=O)c1cc(N)c(F)cc1Br. The quantitative estimate of drug-likeness (QED) is 0.676. The lowest BCUT2D eigenvalue weighted by atomic mass is 10.2. The Kier molecular flexibility index (Phi) is 4.45. The summed E-state index contributed by atoms with van der Waals surface area (Å²) in [6, 6.07) is 2.17. The lowest BCUT2D eigenvalue weighted by molar-refractivity contribution is -0.144. The number of nitrogen functional groups attached to an aromatic ring is 1. The molecule has 0 heterocycles. The van der Waals surface area contributed by atoms with Crippen LogP contribution in [0.1, 0.15) is 10.4 Å². The van der Waals surface area contributed by atoms with E-state index in [1.165, 1.54) is 7.11 Å². The Bertz CT molecular complexity index is 464. The fourth-order valence-corrected chi connectivity index (χ4v) is 1.46. The number of halogens is 2. The van der Waals surface area contributed by atoms with Crippen LogP contribution in [0.5, 0.6) is 0 Å². The van der Waals surface area contributed by atoms with Gasteiger partial charge in [0.2, 0.25) is 0 Å². The molecule has 2 N–H and O–H groups in total. The maximum absolute atomic E-state index is 13.0. The first-order chi connectivity index (χ1) is 7.95. The van der Waals surface area contributed by atoms with Gasteiger partial charge in [0.15, 0.2) is 6.61 Å². The molecule has 5 nitrogen and oxygen atoms in total. The van der Waals surface area contributed by atoms with Crippen molar-refractivity contribution in [1.29, 1.82) is 0 Å². The molecule has 0 radical (unpaired) electrons. The molecule has 0 saturated carbocycles. The predicted octanol–water partition coefficient (Wildman–Crippen LogP) is 1.50. The van der Waals surface area contributed by atoms with Crippen molar-refractivity contribution in [3.05, 3.63) is 28.0 Å². The highest BCUT2D eigenvalue weighted by Gasteiger charge is 2.16. The van der Waals surface area contributed by atoms with E-state index in [1.54, 1.807) is 0 Å². The van der Waals surface area contributed by atoms with E-state index < -0.39 is 24.4 Å². The van der Waals surface area contributed by atoms with Gasteiger partial charge in [-0.15, -0.1) is 0 Å². The van der Waals surface area contributed by atoms with Gasteiger partial charge in [0.25, 0.3) is 0 Å². The van der Waals surface area contributed by atoms with Crippen molar-refractivity contribution in [3.8, 4) is 0 Å². The van der Waals surface area contributed by atoms with Crippen molar-refractivity contribution < 1.29 is 23.5 Å². The minimum absolute atomic E-state index is 0.0350. The van der Waals surface area contributed by atoms with Gasteiger partial charge in [0.1, 0.15) is 5.82 Å². The third-order valence-corrected chi connectivity index (χ3v) is 2.51. The van der Waals surface area contributed by atoms with Gasteiger partial charge in [-0.05, 0) is 28.1 Å². The number of ether oxygens (including phenoxy) is 2. The lowest BCUT2D eigenvalue weighted by Gasteiger charge is -2.06. The Hall–Kier alpha value is -1.63. The summed E-state index contributed by atoms with van der Waals surface area (Å²) in [6.45, 7) is -0.515. The number of rotatable bonds is 3. The highest BCUT2D eigenvalue weighted by atomic mass is 79.9. The van der Waals surface area contributed by atoms with Gasteiger partial charge in [0.05, 0.1) is 18.4 Å². The molecule has 1 rings (SSSR count). The van der Waals surface area contributed by atoms with Crippen molar-refractivity contribution in [1.82, 2.24) is 0 Å². The van der Waals surface area contributed by atoms with Crippen LogP contribution in [-0.2, 0) is 14.3 Å². The normalized spacial score (nSPS) is 9.82. The number of anilines is 1. The second-order valence-electron chi connectivity index (χ2n) is 3.01. The zero-order valence-electron chi connectivity index (χ0n) is 8.83. The maximum Gasteiger partial charge on any atom is 0.344 e. The van der Waals surface area contributed by atoms with Crippen LogP contribution in [0, 0.1) is 5.82 Å². The number of esters is 2. The van der Waals surface area contributed by atoms with Gasteiger partial charge in [-0.3, -0.25) is 0 Å². The fraction of sp³-hybridized carbons (Fsp3) is 0.200. The summed E-state index contributed by atoms with van der Waals surface area (Å²) in [5.41, 5.74) is 5.17. The van der Waals surface area contributed by atoms with Gasteiger partial charge in [0, 0.05) is 4.47 Å². The summed E-state index contributed by atoms with van der Waals surface area (Å²) in [7, 11) is 1.17. The number of benzene rings is 1. The first kappa shape index (κ1) is 13.4. The molecule has 0 unspecified atom stereocenters. The molecule has 92 valence electrons. The second kappa shape index (κ2) is 5.62. The van der Waals surface area contributed by atoms with Crippen molar-refractivity contribution >= 4 is 33.6 Å². The Balaban J connectivity index is 2.82. The van der Waals surface area contributed by atoms with E-state index in [0.717, 1.165) is 12.1 Å². The number of hydrogen-bond acceptors (Lipinski definition) is 5. The molecule has 0 aliphatic heterocycles. The van der Waals surface area contributed by atoms with Crippen molar-refractivity contribution in [2.45, 2.75) is 0 Å². The van der Waals surface area contributed by atoms with Crippen LogP contribution < -0.4 is 5.73 Å². The summed E-state index contributed by atoms with van der Waals surface area (Å²) < 4.78 is 22.1. The Morgan fingerprint density at radius 1 is 1.47 bits per heavy atom. The van der Waals surface area contributed by atoms with E-state index in [1.807, 2.05) is 0 Å². The average molecular weight is 306 g/mol. The third-order valence-electron chi connectivity index (χ3n) is 1.86. The lowest BCUT2D eigenvalue weighted by Crippen LogP contribution is -2.15. The average Bonchev–Trinajstić information content (AvgIpc) is 2.30. The Morgan fingerprint density at radius 3 is 2.71 bits per heavy atom. The fourth-order valence-electron chi connectivity index (χ4n) is 0.983. The van der Waals surface area contributed by atoms with Crippen molar-refractivity contribution in [2.24, 2.45) is 0 Å². The van der Waals surface area contributed by atoms with Crippen LogP contribution >= 0.6 is 15.9 Å². The van der Waals surface area contributed by atoms with Crippen molar-refractivity contribution in [2.75, 3.05) is 19.5 Å². The first-order valence-corrected chi connectivity index (χ1v) is 5.23. The highest BCUT2D eigenvalue weighted by Crippen LogP contribution is 2.23. The second-order valence-corrected chi connectivity index (χ2v) is 3.86. The summed E-state index contributed by atoms with van der Waals surface area (Å²) >= 11 is 2.99. The highest BCUT2D eigenvalue weighted by molar-refractivity contribution is 9.10. The summed E-state index contributed by atoms with van der Waals surface area (Å²) in [5.74, 6) is -2.14. The summed E-state index contributed by atoms with van der Waals surface area (Å²) in [6.07, 6.45) is 0. The molecule has 7 heteroatoms. The molecule has 0 spiro atoms. The van der Waals surface area contributed by atoms with E-state index in [4.69, 9.17) is 5.73 Å². The number of nitrogens with two attached hydrogens (primary N) is 1. The van der Waals surface area contributed by atoms with Gasteiger partial charge < -0.3 is 15.2 Å². The first-order valence-electron chi connectivity index (χ1n) is 4.44. The van der Waals surface area contributed by atoms with Crippen LogP contribution in [0.4, 0.5) is 10.1 Å². The molecule has 0 aliphatic rings. The maximum atomic E-state index is 13.0. The van der Waals surface area contributed by atoms with E-state index in [0.29, 0.717) is 0 Å². The molecule has 0 aliphatic carbocycles. The molecular weight excluding hydrogens is 297 g/mol. The van der Waals surface area contributed by atoms with Gasteiger partial charge in [-0.1, -0.05) is 0 Å². The third kappa shape index (κ3) is 3.42. The number of methoxy groups -OCH3 is 1. The van der Waals surface area contributed by atoms with E-state index in [2.05, 4.69) is 25.4 Å². The number of carbonyl (C=O) groups is 2. The van der Waals surface area contributed by atoms with Crippen LogP contribution in [0.25, 0.3) is 0 Å². The Morgan fingerprint density at radius 2 is 2.12 bits per heavy atom. The minimum Gasteiger partial charge on any atom is -0.466 e. The predicted molar refractivity (Wildman–Crippen MR) is 60.8 cm³/mol. The monoisotopic (exact) mass is 305 g/mol. The molecular formula is C10H9BrFNO4. The van der Waals surface area contributed by atoms with Crippen LogP contribution in [0.2, 0.25) is 0 Å². The molecule has 1 aromatic rings. The van der Waals surface area contributed by atoms with Gasteiger partial charge in [-0.2, -0.15) is 0 Å². The zero-order valence-corrected chi connectivity index (χ0v) is 10.4. The topological polar surface area (TPSA) is 78.6 Å². The van der Waals surface area contributed by atoms with Crippen LogP contribution in [0.3, 0.4) is 0 Å². The molecule has 1 aromatic carbocycles. The number of carbonyl (C=O) groups excluding carboxylic acids is 2. The van der Waals surface area contributed by atoms with Gasteiger partial charge >= 0.3 is 11.9 Å². The largest absolute Gasteiger partial charge is 0.466 e. The minimum atomic E-state index is -0.797. The molecule has 0 fully saturated rings. The Labute approximate surface area is 105 Å². The zero-order chi connectivity index (χ0) is 13.0. The van der Waals surface area contributed by atoms with E-state index in [-0.39, 0.29) is 15.7 Å². The van der Waals surface area contributed by atoms with E-state index >= 15 is 0 Å². The van der Waals surface area contributed by atoms with Crippen LogP contribution in [-0.4, -0.2) is 25.7 Å². The molecule has 0 bridgehead atoms. The molecule has 0 atom stereocenters. The molecule has 17 heavy (non-hydrogen) atoms. The van der Waals surface area contributed by atoms with Crippen LogP contribution in [0.15, 0.2) is 16.6 Å². The summed E-state index contributed by atoms with van der Waals surface area (Å²) in [5, 5.41) is 0. The standard InChI is InChI=1S/C10H9BrFNO4/c1-16-9(14)4-17-10(15)5-2-8(13)7(12)3-6(5)11/h2-3H,4,13H2,1H3. The van der Waals surface area contributed by atoms with Gasteiger partial charge in [-0.25, -0.2) is 14.0 Å². The molecule has 0 amide bonds. The number of hydrogen-bond donors (Lipinski definition) is 1. The molecule has 0 aromatic heterocycles. The van der Waals surface area contributed by atoms with Crippen molar-refractivity contribution in [3.63, 3.8) is 0 Å². The summed E-state index contributed by atoms with van der Waals surface area (Å²) in [4.78, 5) is 22.3.